The fraction of sp³-hybridized carbons (Fsp3) is 0.667. The van der Waals surface area contributed by atoms with Crippen molar-refractivity contribution in [2.75, 3.05) is 13.2 Å². The Kier molecular flexibility index (Phi) is 5.31. The Bertz CT molecular complexity index is 367. The molecule has 106 valence electrons. The van der Waals surface area contributed by atoms with Crippen molar-refractivity contribution in [1.29, 1.82) is 0 Å². The fourth-order valence-corrected chi connectivity index (χ4v) is 3.21. The smallest absolute Gasteiger partial charge is 0.0500 e. The summed E-state index contributed by atoms with van der Waals surface area (Å²) in [4.78, 5) is 6.57. The third kappa shape index (κ3) is 3.53. The lowest BCUT2D eigenvalue weighted by molar-refractivity contribution is 0.0652. The van der Waals surface area contributed by atoms with Crippen LogP contribution >= 0.6 is 0 Å². The molecule has 0 radical (unpaired) electrons. The number of aromatic nitrogens is 1. The van der Waals surface area contributed by atoms with Gasteiger partial charge in [0.25, 0.3) is 0 Å². The molecule has 0 bridgehead atoms. The Morgan fingerprint density at radius 1 is 1.42 bits per heavy atom. The maximum Gasteiger partial charge on any atom is 0.0500 e. The van der Waals surface area contributed by atoms with Gasteiger partial charge in [-0.15, -0.1) is 0 Å². The zero-order valence-corrected chi connectivity index (χ0v) is 11.7. The van der Waals surface area contributed by atoms with Crippen LogP contribution in [-0.2, 0) is 0 Å². The predicted molar refractivity (Wildman–Crippen MR) is 76.7 cm³/mol. The van der Waals surface area contributed by atoms with Gasteiger partial charge in [-0.05, 0) is 50.4 Å². The van der Waals surface area contributed by atoms with Crippen molar-refractivity contribution in [3.63, 3.8) is 0 Å². The lowest BCUT2D eigenvalue weighted by Crippen LogP contribution is -2.48. The molecule has 0 saturated carbocycles. The molecule has 1 aromatic heterocycles. The average Bonchev–Trinajstić information content (AvgIpc) is 2.42. The minimum Gasteiger partial charge on any atom is -0.396 e. The van der Waals surface area contributed by atoms with E-state index in [9.17, 15) is 5.11 Å². The quantitative estimate of drug-likeness (QED) is 0.849. The summed E-state index contributed by atoms with van der Waals surface area (Å²) >= 11 is 0. The summed E-state index contributed by atoms with van der Waals surface area (Å²) in [5.41, 5.74) is 7.46. The van der Waals surface area contributed by atoms with Crippen LogP contribution in [0.4, 0.5) is 0 Å². The Hall–Kier alpha value is -0.970. The highest BCUT2D eigenvalue weighted by Gasteiger charge is 2.31. The topological polar surface area (TPSA) is 62.4 Å². The SMILES string of the molecule is CC(N)C(c1ccncc1)N1CCCCC1CCO. The Morgan fingerprint density at radius 3 is 2.79 bits per heavy atom. The number of hydrogen-bond acceptors (Lipinski definition) is 4. The van der Waals surface area contributed by atoms with Crippen LogP contribution in [0.1, 0.15) is 44.2 Å². The Morgan fingerprint density at radius 2 is 2.16 bits per heavy atom. The molecule has 1 fully saturated rings. The largest absolute Gasteiger partial charge is 0.396 e. The molecule has 3 N–H and O–H groups in total. The first-order valence-electron chi connectivity index (χ1n) is 7.26. The lowest BCUT2D eigenvalue weighted by Gasteiger charge is -2.43. The number of hydrogen-bond donors (Lipinski definition) is 2. The molecule has 3 atom stereocenters. The predicted octanol–water partition coefficient (Wildman–Crippen LogP) is 1.71. The van der Waals surface area contributed by atoms with Crippen LogP contribution in [0.5, 0.6) is 0 Å². The van der Waals surface area contributed by atoms with Gasteiger partial charge in [0, 0.05) is 31.1 Å². The first-order chi connectivity index (χ1) is 9.24. The van der Waals surface area contributed by atoms with Crippen molar-refractivity contribution < 1.29 is 5.11 Å². The van der Waals surface area contributed by atoms with E-state index >= 15 is 0 Å². The average molecular weight is 263 g/mol. The van der Waals surface area contributed by atoms with E-state index in [1.165, 1.54) is 18.4 Å². The van der Waals surface area contributed by atoms with Crippen molar-refractivity contribution in [3.05, 3.63) is 30.1 Å². The molecule has 1 aliphatic rings. The van der Waals surface area contributed by atoms with Crippen LogP contribution in [0, 0.1) is 0 Å². The van der Waals surface area contributed by atoms with E-state index in [2.05, 4.69) is 28.9 Å². The van der Waals surface area contributed by atoms with Gasteiger partial charge in [-0.3, -0.25) is 9.88 Å². The first-order valence-corrected chi connectivity index (χ1v) is 7.26. The molecule has 0 aromatic carbocycles. The van der Waals surface area contributed by atoms with Crippen LogP contribution < -0.4 is 5.73 Å². The van der Waals surface area contributed by atoms with Crippen molar-refractivity contribution in [2.24, 2.45) is 5.73 Å². The third-order valence-corrected chi connectivity index (χ3v) is 4.04. The summed E-state index contributed by atoms with van der Waals surface area (Å²) in [6.07, 6.45) is 8.13. The number of likely N-dealkylation sites (tertiary alicyclic amines) is 1. The van der Waals surface area contributed by atoms with Crippen LogP contribution in [0.15, 0.2) is 24.5 Å². The van der Waals surface area contributed by atoms with E-state index in [0.717, 1.165) is 19.4 Å². The fourth-order valence-electron chi connectivity index (χ4n) is 3.21. The number of rotatable bonds is 5. The van der Waals surface area contributed by atoms with Crippen LogP contribution in [0.25, 0.3) is 0 Å². The highest BCUT2D eigenvalue weighted by atomic mass is 16.3. The summed E-state index contributed by atoms with van der Waals surface area (Å²) < 4.78 is 0. The van der Waals surface area contributed by atoms with Gasteiger partial charge in [-0.1, -0.05) is 6.42 Å². The summed E-state index contributed by atoms with van der Waals surface area (Å²) in [6, 6.07) is 4.85. The van der Waals surface area contributed by atoms with Gasteiger partial charge < -0.3 is 10.8 Å². The highest BCUT2D eigenvalue weighted by Crippen LogP contribution is 2.31. The maximum atomic E-state index is 9.26. The molecule has 4 heteroatoms. The molecule has 1 saturated heterocycles. The van der Waals surface area contributed by atoms with Gasteiger partial charge >= 0.3 is 0 Å². The minimum atomic E-state index is 0.0710. The zero-order chi connectivity index (χ0) is 13.7. The highest BCUT2D eigenvalue weighted by molar-refractivity contribution is 5.17. The zero-order valence-electron chi connectivity index (χ0n) is 11.7. The normalized spacial score (nSPS) is 24.1. The Balaban J connectivity index is 2.22. The molecular weight excluding hydrogens is 238 g/mol. The molecule has 1 aromatic rings. The van der Waals surface area contributed by atoms with Gasteiger partial charge in [-0.25, -0.2) is 0 Å². The Labute approximate surface area is 115 Å². The monoisotopic (exact) mass is 263 g/mol. The molecule has 2 heterocycles. The number of aliphatic hydroxyl groups excluding tert-OH is 1. The lowest BCUT2D eigenvalue weighted by atomic mass is 9.92. The standard InChI is InChI=1S/C15H25N3O/c1-12(16)15(13-5-8-17-9-6-13)18-10-3-2-4-14(18)7-11-19/h5-6,8-9,12,14-15,19H,2-4,7,10-11,16H2,1H3. The van der Waals surface area contributed by atoms with E-state index in [4.69, 9.17) is 5.73 Å². The van der Waals surface area contributed by atoms with Gasteiger partial charge in [0.1, 0.15) is 0 Å². The van der Waals surface area contributed by atoms with Gasteiger partial charge in [0.2, 0.25) is 0 Å². The van der Waals surface area contributed by atoms with E-state index in [-0.39, 0.29) is 18.7 Å². The van der Waals surface area contributed by atoms with Gasteiger partial charge in [0.05, 0.1) is 6.04 Å². The van der Waals surface area contributed by atoms with Crippen molar-refractivity contribution in [1.82, 2.24) is 9.88 Å². The van der Waals surface area contributed by atoms with Crippen LogP contribution in [0.3, 0.4) is 0 Å². The maximum absolute atomic E-state index is 9.26. The van der Waals surface area contributed by atoms with Crippen molar-refractivity contribution in [2.45, 2.75) is 50.7 Å². The molecular formula is C15H25N3O. The molecule has 2 rings (SSSR count). The number of aliphatic hydroxyl groups is 1. The van der Waals surface area contributed by atoms with E-state index in [1.54, 1.807) is 0 Å². The number of pyridine rings is 1. The van der Waals surface area contributed by atoms with Gasteiger partial charge in [0.15, 0.2) is 0 Å². The summed E-state index contributed by atoms with van der Waals surface area (Å²) in [7, 11) is 0. The molecule has 19 heavy (non-hydrogen) atoms. The molecule has 0 amide bonds. The van der Waals surface area contributed by atoms with Gasteiger partial charge in [-0.2, -0.15) is 0 Å². The van der Waals surface area contributed by atoms with E-state index < -0.39 is 0 Å². The summed E-state index contributed by atoms with van der Waals surface area (Å²) in [5.74, 6) is 0. The third-order valence-electron chi connectivity index (χ3n) is 4.04. The first kappa shape index (κ1) is 14.4. The molecule has 0 aliphatic carbocycles. The molecule has 3 unspecified atom stereocenters. The second-order valence-corrected chi connectivity index (χ2v) is 5.48. The van der Waals surface area contributed by atoms with E-state index in [1.807, 2.05) is 12.4 Å². The second-order valence-electron chi connectivity index (χ2n) is 5.48. The molecule has 0 spiro atoms. The number of nitrogens with two attached hydrogens (primary N) is 1. The van der Waals surface area contributed by atoms with Crippen LogP contribution in [0.2, 0.25) is 0 Å². The van der Waals surface area contributed by atoms with E-state index in [0.29, 0.717) is 6.04 Å². The number of piperidine rings is 1. The molecule has 4 nitrogen and oxygen atoms in total. The summed E-state index contributed by atoms with van der Waals surface area (Å²) in [5, 5.41) is 9.26. The molecule has 1 aliphatic heterocycles. The summed E-state index contributed by atoms with van der Waals surface area (Å²) in [6.45, 7) is 3.39. The van der Waals surface area contributed by atoms with Crippen molar-refractivity contribution >= 4 is 0 Å². The van der Waals surface area contributed by atoms with Crippen molar-refractivity contribution in [3.8, 4) is 0 Å². The second kappa shape index (κ2) is 6.98. The van der Waals surface area contributed by atoms with Crippen LogP contribution in [-0.4, -0.2) is 40.2 Å². The number of nitrogens with zero attached hydrogens (tertiary/aromatic N) is 2. The minimum absolute atomic E-state index is 0.0710.